The Morgan fingerprint density at radius 2 is 1.12 bits per heavy atom. The van der Waals surface area contributed by atoms with Crippen molar-refractivity contribution in [1.82, 2.24) is 15.3 Å². The second-order valence-corrected chi connectivity index (χ2v) is 4.17. The molecule has 0 aromatic carbocycles. The Balaban J connectivity index is 2.02. The molecule has 0 fully saturated rings. The summed E-state index contributed by atoms with van der Waals surface area (Å²) in [7, 11) is 0. The zero-order valence-electron chi connectivity index (χ0n) is 10.2. The molecule has 0 radical (unpaired) electrons. The van der Waals surface area contributed by atoms with Crippen LogP contribution in [0.1, 0.15) is 37.1 Å². The van der Waals surface area contributed by atoms with Gasteiger partial charge in [0.15, 0.2) is 0 Å². The topological polar surface area (TPSA) is 37.8 Å². The highest BCUT2D eigenvalue weighted by molar-refractivity contribution is 5.18. The van der Waals surface area contributed by atoms with Gasteiger partial charge in [0.2, 0.25) is 0 Å². The van der Waals surface area contributed by atoms with Crippen LogP contribution in [0.5, 0.6) is 0 Å². The van der Waals surface area contributed by atoms with E-state index in [1.54, 1.807) is 0 Å². The number of pyridine rings is 2. The van der Waals surface area contributed by atoms with E-state index >= 15 is 0 Å². The lowest BCUT2D eigenvalue weighted by Crippen LogP contribution is -2.22. The molecule has 0 saturated heterocycles. The SMILES string of the molecule is CC(NC(C)c1ccncc1)c1ccncc1. The Morgan fingerprint density at radius 1 is 0.765 bits per heavy atom. The fourth-order valence-corrected chi connectivity index (χ4v) is 1.87. The molecule has 2 aromatic heterocycles. The summed E-state index contributed by atoms with van der Waals surface area (Å²) in [5.41, 5.74) is 2.50. The van der Waals surface area contributed by atoms with Crippen molar-refractivity contribution in [2.24, 2.45) is 0 Å². The highest BCUT2D eigenvalue weighted by Crippen LogP contribution is 2.17. The smallest absolute Gasteiger partial charge is 0.0298 e. The Hall–Kier alpha value is -1.74. The molecule has 2 aromatic rings. The van der Waals surface area contributed by atoms with Gasteiger partial charge < -0.3 is 5.32 Å². The summed E-state index contributed by atoms with van der Waals surface area (Å²) >= 11 is 0. The molecule has 0 bridgehead atoms. The van der Waals surface area contributed by atoms with Crippen molar-refractivity contribution in [2.45, 2.75) is 25.9 Å². The largest absolute Gasteiger partial charge is 0.304 e. The molecule has 3 nitrogen and oxygen atoms in total. The first kappa shape index (κ1) is 11.7. The van der Waals surface area contributed by atoms with Crippen molar-refractivity contribution in [1.29, 1.82) is 0 Å². The molecule has 2 unspecified atom stereocenters. The van der Waals surface area contributed by atoms with E-state index in [1.807, 2.05) is 49.1 Å². The Bertz CT molecular complexity index is 398. The molecule has 0 aliphatic heterocycles. The summed E-state index contributed by atoms with van der Waals surface area (Å²) in [5.74, 6) is 0. The van der Waals surface area contributed by atoms with E-state index in [1.165, 1.54) is 11.1 Å². The highest BCUT2D eigenvalue weighted by Gasteiger charge is 2.10. The van der Waals surface area contributed by atoms with Crippen LogP contribution in [0, 0.1) is 0 Å². The van der Waals surface area contributed by atoms with Crippen LogP contribution >= 0.6 is 0 Å². The van der Waals surface area contributed by atoms with Crippen LogP contribution in [-0.4, -0.2) is 9.97 Å². The lowest BCUT2D eigenvalue weighted by atomic mass is 10.1. The van der Waals surface area contributed by atoms with Gasteiger partial charge >= 0.3 is 0 Å². The molecule has 0 saturated carbocycles. The van der Waals surface area contributed by atoms with Gasteiger partial charge in [-0.25, -0.2) is 0 Å². The van der Waals surface area contributed by atoms with Crippen LogP contribution in [0.15, 0.2) is 49.1 Å². The molecule has 0 spiro atoms. The van der Waals surface area contributed by atoms with Crippen molar-refractivity contribution < 1.29 is 0 Å². The van der Waals surface area contributed by atoms with Gasteiger partial charge in [-0.05, 0) is 49.2 Å². The predicted molar refractivity (Wildman–Crippen MR) is 68.4 cm³/mol. The summed E-state index contributed by atoms with van der Waals surface area (Å²) in [6, 6.07) is 8.77. The predicted octanol–water partition coefficient (Wildman–Crippen LogP) is 2.89. The second kappa shape index (κ2) is 5.55. The van der Waals surface area contributed by atoms with Crippen LogP contribution in [0.3, 0.4) is 0 Å². The van der Waals surface area contributed by atoms with Crippen molar-refractivity contribution in [2.75, 3.05) is 0 Å². The molecule has 2 rings (SSSR count). The van der Waals surface area contributed by atoms with Gasteiger partial charge in [0, 0.05) is 36.9 Å². The van der Waals surface area contributed by atoms with Crippen molar-refractivity contribution in [3.63, 3.8) is 0 Å². The molecule has 2 heterocycles. The van der Waals surface area contributed by atoms with E-state index < -0.39 is 0 Å². The first-order valence-electron chi connectivity index (χ1n) is 5.83. The van der Waals surface area contributed by atoms with Crippen molar-refractivity contribution in [3.05, 3.63) is 60.2 Å². The minimum atomic E-state index is 0.307. The number of rotatable bonds is 4. The van der Waals surface area contributed by atoms with E-state index in [2.05, 4.69) is 29.1 Å². The van der Waals surface area contributed by atoms with Crippen LogP contribution in [-0.2, 0) is 0 Å². The maximum absolute atomic E-state index is 4.03. The normalized spacial score (nSPS) is 14.2. The molecule has 0 amide bonds. The summed E-state index contributed by atoms with van der Waals surface area (Å²) in [4.78, 5) is 8.06. The van der Waals surface area contributed by atoms with E-state index in [0.717, 1.165) is 0 Å². The quantitative estimate of drug-likeness (QED) is 0.872. The van der Waals surface area contributed by atoms with Crippen LogP contribution in [0.25, 0.3) is 0 Å². The first-order chi connectivity index (χ1) is 8.27. The monoisotopic (exact) mass is 227 g/mol. The molecule has 2 atom stereocenters. The van der Waals surface area contributed by atoms with Crippen LogP contribution < -0.4 is 5.32 Å². The maximum atomic E-state index is 4.03. The average molecular weight is 227 g/mol. The molecule has 0 aliphatic carbocycles. The van der Waals surface area contributed by atoms with Gasteiger partial charge in [0.25, 0.3) is 0 Å². The van der Waals surface area contributed by atoms with E-state index in [4.69, 9.17) is 0 Å². The summed E-state index contributed by atoms with van der Waals surface area (Å²) in [6.45, 7) is 4.32. The minimum absolute atomic E-state index is 0.307. The number of aromatic nitrogens is 2. The summed E-state index contributed by atoms with van der Waals surface area (Å²) in [6.07, 6.45) is 7.30. The summed E-state index contributed by atoms with van der Waals surface area (Å²) in [5, 5.41) is 3.56. The third-order valence-electron chi connectivity index (χ3n) is 2.91. The molecule has 17 heavy (non-hydrogen) atoms. The van der Waals surface area contributed by atoms with E-state index in [-0.39, 0.29) is 0 Å². The van der Waals surface area contributed by atoms with Gasteiger partial charge in [-0.1, -0.05) is 0 Å². The second-order valence-electron chi connectivity index (χ2n) is 4.17. The van der Waals surface area contributed by atoms with E-state index in [9.17, 15) is 0 Å². The van der Waals surface area contributed by atoms with Gasteiger partial charge in [0.05, 0.1) is 0 Å². The van der Waals surface area contributed by atoms with Crippen molar-refractivity contribution >= 4 is 0 Å². The lowest BCUT2D eigenvalue weighted by Gasteiger charge is -2.20. The number of hydrogen-bond acceptors (Lipinski definition) is 3. The highest BCUT2D eigenvalue weighted by atomic mass is 14.9. The van der Waals surface area contributed by atoms with Gasteiger partial charge in [-0.3, -0.25) is 9.97 Å². The fourth-order valence-electron chi connectivity index (χ4n) is 1.87. The average Bonchev–Trinajstić information content (AvgIpc) is 2.40. The summed E-state index contributed by atoms with van der Waals surface area (Å²) < 4.78 is 0. The zero-order valence-corrected chi connectivity index (χ0v) is 10.2. The third kappa shape index (κ3) is 3.11. The van der Waals surface area contributed by atoms with Gasteiger partial charge in [-0.15, -0.1) is 0 Å². The molecular formula is C14H17N3. The molecule has 3 heteroatoms. The van der Waals surface area contributed by atoms with Crippen LogP contribution in [0.2, 0.25) is 0 Å². The Labute approximate surface area is 102 Å². The third-order valence-corrected chi connectivity index (χ3v) is 2.91. The molecule has 88 valence electrons. The molecule has 1 N–H and O–H groups in total. The fraction of sp³-hybridized carbons (Fsp3) is 0.286. The van der Waals surface area contributed by atoms with Gasteiger partial charge in [-0.2, -0.15) is 0 Å². The Kier molecular flexibility index (Phi) is 3.83. The van der Waals surface area contributed by atoms with E-state index in [0.29, 0.717) is 12.1 Å². The number of hydrogen-bond donors (Lipinski definition) is 1. The number of nitrogens with one attached hydrogen (secondary N) is 1. The minimum Gasteiger partial charge on any atom is -0.304 e. The van der Waals surface area contributed by atoms with Crippen molar-refractivity contribution in [3.8, 4) is 0 Å². The molecule has 0 aliphatic rings. The standard InChI is InChI=1S/C14H17N3/c1-11(13-3-7-15-8-4-13)17-12(2)14-5-9-16-10-6-14/h3-12,17H,1-2H3. The Morgan fingerprint density at radius 3 is 1.47 bits per heavy atom. The number of nitrogens with zero attached hydrogens (tertiary/aromatic N) is 2. The van der Waals surface area contributed by atoms with Crippen LogP contribution in [0.4, 0.5) is 0 Å². The first-order valence-corrected chi connectivity index (χ1v) is 5.83. The van der Waals surface area contributed by atoms with Gasteiger partial charge in [0.1, 0.15) is 0 Å². The molecular weight excluding hydrogens is 210 g/mol. The maximum Gasteiger partial charge on any atom is 0.0298 e. The zero-order chi connectivity index (χ0) is 12.1. The lowest BCUT2D eigenvalue weighted by molar-refractivity contribution is 0.494.